The Balaban J connectivity index is 1.74. The first-order valence-electron chi connectivity index (χ1n) is 11.5. The van der Waals surface area contributed by atoms with E-state index in [1.54, 1.807) is 0 Å². The van der Waals surface area contributed by atoms with Crippen molar-refractivity contribution in [2.45, 2.75) is 30.5 Å². The fourth-order valence-electron chi connectivity index (χ4n) is 5.45. The van der Waals surface area contributed by atoms with Crippen LogP contribution in [0.3, 0.4) is 0 Å². The van der Waals surface area contributed by atoms with E-state index in [1.165, 1.54) is 16.7 Å². The van der Waals surface area contributed by atoms with Gasteiger partial charge in [-0.25, -0.2) is 0 Å². The Bertz CT molecular complexity index is 1020. The normalized spacial score (nSPS) is 17.8. The number of benzene rings is 4. The van der Waals surface area contributed by atoms with Crippen molar-refractivity contribution in [3.8, 4) is 0 Å². The molecule has 1 unspecified atom stereocenters. The molecule has 0 amide bonds. The average Bonchev–Trinajstić information content (AvgIpc) is 3.37. The summed E-state index contributed by atoms with van der Waals surface area (Å²) in [5.74, 6) is 0. The van der Waals surface area contributed by atoms with Crippen LogP contribution in [0.25, 0.3) is 0 Å². The second-order valence-corrected chi connectivity index (χ2v) is 8.57. The van der Waals surface area contributed by atoms with E-state index in [4.69, 9.17) is 0 Å². The van der Waals surface area contributed by atoms with Gasteiger partial charge in [0.25, 0.3) is 0 Å². The van der Waals surface area contributed by atoms with E-state index in [2.05, 4.69) is 95.9 Å². The molecule has 160 valence electrons. The Morgan fingerprint density at radius 2 is 1.03 bits per heavy atom. The van der Waals surface area contributed by atoms with Gasteiger partial charge in [-0.3, -0.25) is 4.90 Å². The van der Waals surface area contributed by atoms with Gasteiger partial charge in [-0.2, -0.15) is 0 Å². The van der Waals surface area contributed by atoms with Crippen molar-refractivity contribution in [2.24, 2.45) is 0 Å². The molecule has 2 heteroatoms. The molecule has 4 aromatic carbocycles. The van der Waals surface area contributed by atoms with E-state index in [0.717, 1.165) is 24.9 Å². The molecule has 1 saturated heterocycles. The summed E-state index contributed by atoms with van der Waals surface area (Å²) in [5.41, 5.74) is 4.17. The molecule has 1 heterocycles. The average molecular weight is 420 g/mol. The highest BCUT2D eigenvalue weighted by molar-refractivity contribution is 5.50. The highest BCUT2D eigenvalue weighted by Crippen LogP contribution is 2.47. The third kappa shape index (κ3) is 3.56. The fraction of sp³-hybridized carbons (Fsp3) is 0.200. The van der Waals surface area contributed by atoms with Crippen LogP contribution >= 0.6 is 0 Å². The van der Waals surface area contributed by atoms with E-state index in [1.807, 2.05) is 30.3 Å². The van der Waals surface area contributed by atoms with Gasteiger partial charge in [0.05, 0.1) is 11.6 Å². The smallest absolute Gasteiger partial charge is 0.0976 e. The molecular formula is C30H29NO. The highest BCUT2D eigenvalue weighted by atomic mass is 16.3. The second-order valence-electron chi connectivity index (χ2n) is 8.57. The Morgan fingerprint density at radius 1 is 0.625 bits per heavy atom. The number of rotatable bonds is 6. The lowest BCUT2D eigenvalue weighted by Gasteiger charge is -2.47. The lowest BCUT2D eigenvalue weighted by atomic mass is 9.74. The second kappa shape index (κ2) is 9.12. The standard InChI is InChI=1S/C30H29NO/c32-29(24-14-5-1-6-15-24)28-22-13-23-31(28)30(25-16-7-2-8-17-25,26-18-9-3-10-19-26)27-20-11-4-12-21-27/h1-12,14-21,28-29,32H,13,22-23H2/t28-,29?/m0/s1. The Hall–Kier alpha value is -3.20. The minimum Gasteiger partial charge on any atom is -0.387 e. The van der Waals surface area contributed by atoms with Crippen LogP contribution in [-0.4, -0.2) is 22.6 Å². The van der Waals surface area contributed by atoms with E-state index < -0.39 is 11.6 Å². The van der Waals surface area contributed by atoms with Crippen LogP contribution in [0.15, 0.2) is 121 Å². The molecule has 1 fully saturated rings. The van der Waals surface area contributed by atoms with Gasteiger partial charge < -0.3 is 5.11 Å². The van der Waals surface area contributed by atoms with Gasteiger partial charge in [0.1, 0.15) is 0 Å². The molecule has 5 rings (SSSR count). The molecule has 4 aromatic rings. The van der Waals surface area contributed by atoms with E-state index in [0.29, 0.717) is 0 Å². The number of nitrogens with zero attached hydrogens (tertiary/aromatic N) is 1. The summed E-state index contributed by atoms with van der Waals surface area (Å²) in [7, 11) is 0. The predicted molar refractivity (Wildman–Crippen MR) is 130 cm³/mol. The molecule has 32 heavy (non-hydrogen) atoms. The molecule has 0 bridgehead atoms. The third-order valence-corrected chi connectivity index (χ3v) is 6.81. The zero-order valence-electron chi connectivity index (χ0n) is 18.2. The quantitative estimate of drug-likeness (QED) is 0.377. The monoisotopic (exact) mass is 419 g/mol. The molecule has 1 N–H and O–H groups in total. The van der Waals surface area contributed by atoms with Gasteiger partial charge in [-0.05, 0) is 35.1 Å². The summed E-state index contributed by atoms with van der Waals surface area (Å²) >= 11 is 0. The summed E-state index contributed by atoms with van der Waals surface area (Å²) in [6.45, 7) is 0.924. The lowest BCUT2D eigenvalue weighted by Crippen LogP contribution is -2.52. The highest BCUT2D eigenvalue weighted by Gasteiger charge is 2.48. The van der Waals surface area contributed by atoms with Crippen molar-refractivity contribution in [1.82, 2.24) is 4.90 Å². The first-order valence-corrected chi connectivity index (χ1v) is 11.5. The van der Waals surface area contributed by atoms with E-state index in [9.17, 15) is 5.11 Å². The summed E-state index contributed by atoms with van der Waals surface area (Å²) in [5, 5.41) is 11.6. The van der Waals surface area contributed by atoms with Crippen LogP contribution in [0.4, 0.5) is 0 Å². The van der Waals surface area contributed by atoms with E-state index in [-0.39, 0.29) is 6.04 Å². The van der Waals surface area contributed by atoms with Crippen LogP contribution < -0.4 is 0 Å². The zero-order chi connectivity index (χ0) is 21.8. The topological polar surface area (TPSA) is 23.5 Å². The molecule has 1 aliphatic heterocycles. The number of aliphatic hydroxyl groups is 1. The Morgan fingerprint density at radius 3 is 1.47 bits per heavy atom. The summed E-state index contributed by atoms with van der Waals surface area (Å²) in [6, 6.07) is 42.4. The minimum absolute atomic E-state index is 0.0121. The largest absolute Gasteiger partial charge is 0.387 e. The van der Waals surface area contributed by atoms with E-state index >= 15 is 0 Å². The molecule has 0 radical (unpaired) electrons. The minimum atomic E-state index is -0.547. The SMILES string of the molecule is OC(c1ccccc1)[C@@H]1CCCN1C(c1ccccc1)(c1ccccc1)c1ccccc1. The molecule has 0 aromatic heterocycles. The molecule has 2 nitrogen and oxygen atoms in total. The Labute approximate surface area is 190 Å². The van der Waals surface area contributed by atoms with Gasteiger partial charge in [0.2, 0.25) is 0 Å². The van der Waals surface area contributed by atoms with Gasteiger partial charge in [-0.1, -0.05) is 121 Å². The van der Waals surface area contributed by atoms with Crippen molar-refractivity contribution in [1.29, 1.82) is 0 Å². The first kappa shape index (κ1) is 20.7. The van der Waals surface area contributed by atoms with Crippen LogP contribution in [-0.2, 0) is 5.54 Å². The summed E-state index contributed by atoms with van der Waals surface area (Å²) < 4.78 is 0. The molecular weight excluding hydrogens is 390 g/mol. The molecule has 1 aliphatic rings. The molecule has 0 spiro atoms. The lowest BCUT2D eigenvalue weighted by molar-refractivity contribution is 0.0325. The van der Waals surface area contributed by atoms with Crippen molar-refractivity contribution >= 4 is 0 Å². The maximum atomic E-state index is 11.6. The maximum absolute atomic E-state index is 11.6. The fourth-order valence-corrected chi connectivity index (χ4v) is 5.45. The van der Waals surface area contributed by atoms with Crippen molar-refractivity contribution < 1.29 is 5.11 Å². The zero-order valence-corrected chi connectivity index (χ0v) is 18.2. The van der Waals surface area contributed by atoms with Gasteiger partial charge in [-0.15, -0.1) is 0 Å². The number of hydrogen-bond donors (Lipinski definition) is 1. The van der Waals surface area contributed by atoms with Crippen LogP contribution in [0.5, 0.6) is 0 Å². The Kier molecular flexibility index (Phi) is 5.89. The molecule has 0 aliphatic carbocycles. The molecule has 0 saturated carbocycles. The van der Waals surface area contributed by atoms with Crippen LogP contribution in [0.1, 0.15) is 41.2 Å². The first-order chi connectivity index (χ1) is 15.8. The van der Waals surface area contributed by atoms with Crippen molar-refractivity contribution in [2.75, 3.05) is 6.54 Å². The number of hydrogen-bond acceptors (Lipinski definition) is 2. The van der Waals surface area contributed by atoms with Gasteiger partial charge in [0.15, 0.2) is 0 Å². The van der Waals surface area contributed by atoms with Crippen molar-refractivity contribution in [3.05, 3.63) is 144 Å². The van der Waals surface area contributed by atoms with Crippen molar-refractivity contribution in [3.63, 3.8) is 0 Å². The molecule has 2 atom stereocenters. The van der Waals surface area contributed by atoms with Crippen LogP contribution in [0, 0.1) is 0 Å². The van der Waals surface area contributed by atoms with Gasteiger partial charge in [0, 0.05) is 12.6 Å². The maximum Gasteiger partial charge on any atom is 0.0976 e. The summed E-state index contributed by atoms with van der Waals surface area (Å²) in [4.78, 5) is 2.55. The van der Waals surface area contributed by atoms with Gasteiger partial charge >= 0.3 is 0 Å². The predicted octanol–water partition coefficient (Wildman–Crippen LogP) is 6.18. The van der Waals surface area contributed by atoms with Crippen LogP contribution in [0.2, 0.25) is 0 Å². The number of likely N-dealkylation sites (tertiary alicyclic amines) is 1. The number of aliphatic hydroxyl groups excluding tert-OH is 1. The third-order valence-electron chi connectivity index (χ3n) is 6.81. The summed E-state index contributed by atoms with van der Waals surface area (Å²) in [6.07, 6.45) is 1.47.